The van der Waals surface area contributed by atoms with Crippen molar-refractivity contribution in [2.24, 2.45) is 0 Å². The van der Waals surface area contributed by atoms with Crippen LogP contribution in [0.4, 0.5) is 0 Å². The van der Waals surface area contributed by atoms with E-state index in [1.165, 1.54) is 20.0 Å². The number of carbonyl (C=O) groups excluding carboxylic acids is 1. The Labute approximate surface area is 120 Å². The molecule has 1 saturated carbocycles. The van der Waals surface area contributed by atoms with Gasteiger partial charge >= 0.3 is 5.97 Å². The van der Waals surface area contributed by atoms with Gasteiger partial charge < -0.3 is 14.5 Å². The van der Waals surface area contributed by atoms with Gasteiger partial charge in [0.05, 0.1) is 13.7 Å². The van der Waals surface area contributed by atoms with E-state index >= 15 is 0 Å². The summed E-state index contributed by atoms with van der Waals surface area (Å²) in [7, 11) is 3.55. The first-order chi connectivity index (χ1) is 9.52. The van der Waals surface area contributed by atoms with Crippen LogP contribution in [0, 0.1) is 6.92 Å². The molecule has 0 amide bonds. The maximum absolute atomic E-state index is 11.5. The van der Waals surface area contributed by atoms with Crippen molar-refractivity contribution < 1.29 is 13.9 Å². The fraction of sp³-hybridized carbons (Fsp3) is 0.667. The molecule has 1 aromatic heterocycles. The van der Waals surface area contributed by atoms with Gasteiger partial charge in [-0.1, -0.05) is 0 Å². The molecule has 5 heteroatoms. The molecule has 2 rings (SSSR count). The van der Waals surface area contributed by atoms with Gasteiger partial charge in [-0.3, -0.25) is 4.90 Å². The molecule has 1 unspecified atom stereocenters. The fourth-order valence-electron chi connectivity index (χ4n) is 2.33. The minimum atomic E-state index is -0.348. The van der Waals surface area contributed by atoms with Crippen LogP contribution in [0.3, 0.4) is 0 Å². The summed E-state index contributed by atoms with van der Waals surface area (Å²) < 4.78 is 10.3. The number of furan rings is 1. The molecule has 1 atom stereocenters. The zero-order valence-electron chi connectivity index (χ0n) is 12.7. The number of carbonyl (C=O) groups is 1. The lowest BCUT2D eigenvalue weighted by molar-refractivity contribution is 0.0599. The van der Waals surface area contributed by atoms with Crippen molar-refractivity contribution in [1.82, 2.24) is 10.2 Å². The average Bonchev–Trinajstić information content (AvgIpc) is 3.21. The topological polar surface area (TPSA) is 54.7 Å². The Morgan fingerprint density at radius 1 is 1.60 bits per heavy atom. The average molecular weight is 280 g/mol. The monoisotopic (exact) mass is 280 g/mol. The Balaban J connectivity index is 1.80. The molecule has 1 aliphatic carbocycles. The molecule has 112 valence electrons. The Bertz CT molecular complexity index is 466. The van der Waals surface area contributed by atoms with E-state index in [0.29, 0.717) is 23.9 Å². The number of methoxy groups -OCH3 is 1. The number of aryl methyl sites for hydroxylation is 1. The summed E-state index contributed by atoms with van der Waals surface area (Å²) >= 11 is 0. The summed E-state index contributed by atoms with van der Waals surface area (Å²) in [6.07, 6.45) is 2.64. The van der Waals surface area contributed by atoms with E-state index in [-0.39, 0.29) is 5.97 Å². The molecule has 1 N–H and O–H groups in total. The summed E-state index contributed by atoms with van der Waals surface area (Å²) in [5.74, 6) is 1.03. The summed E-state index contributed by atoms with van der Waals surface area (Å²) in [6, 6.07) is 3.02. The number of ether oxygens (including phenoxy) is 1. The maximum Gasteiger partial charge on any atom is 0.341 e. The van der Waals surface area contributed by atoms with Crippen molar-refractivity contribution >= 4 is 5.97 Å². The molecule has 0 bridgehead atoms. The highest BCUT2D eigenvalue weighted by atomic mass is 16.5. The molecule has 1 fully saturated rings. The van der Waals surface area contributed by atoms with Crippen molar-refractivity contribution in [1.29, 1.82) is 0 Å². The van der Waals surface area contributed by atoms with Crippen LogP contribution in [-0.4, -0.2) is 43.7 Å². The number of nitrogens with zero attached hydrogens (tertiary/aromatic N) is 1. The quantitative estimate of drug-likeness (QED) is 0.774. The van der Waals surface area contributed by atoms with Crippen LogP contribution in [-0.2, 0) is 11.3 Å². The zero-order chi connectivity index (χ0) is 14.7. The Kier molecular flexibility index (Phi) is 4.83. The Hall–Kier alpha value is -1.33. The van der Waals surface area contributed by atoms with Crippen molar-refractivity contribution in [2.45, 2.75) is 45.3 Å². The van der Waals surface area contributed by atoms with Gasteiger partial charge in [0.15, 0.2) is 0 Å². The molecule has 20 heavy (non-hydrogen) atoms. The Morgan fingerprint density at radius 3 is 2.90 bits per heavy atom. The molecule has 1 aliphatic rings. The van der Waals surface area contributed by atoms with Crippen LogP contribution in [0.5, 0.6) is 0 Å². The molecular weight excluding hydrogens is 256 g/mol. The van der Waals surface area contributed by atoms with E-state index in [4.69, 9.17) is 9.15 Å². The summed E-state index contributed by atoms with van der Waals surface area (Å²) in [6.45, 7) is 5.53. The fourth-order valence-corrected chi connectivity index (χ4v) is 2.33. The van der Waals surface area contributed by atoms with Crippen LogP contribution in [0.2, 0.25) is 0 Å². The van der Waals surface area contributed by atoms with Crippen LogP contribution in [0.15, 0.2) is 10.5 Å². The van der Waals surface area contributed by atoms with Crippen LogP contribution in [0.25, 0.3) is 0 Å². The standard InChI is InChI=1S/C15H24N2O3/c1-10(17(3)12-5-6-12)8-16-9-13-7-14(11(2)20-13)15(18)19-4/h7,10,12,16H,5-6,8-9H2,1-4H3. The molecule has 1 aromatic rings. The van der Waals surface area contributed by atoms with Crippen molar-refractivity contribution in [3.8, 4) is 0 Å². The highest BCUT2D eigenvalue weighted by Gasteiger charge is 2.28. The van der Waals surface area contributed by atoms with Crippen LogP contribution in [0.1, 0.15) is 41.6 Å². The Morgan fingerprint density at radius 2 is 2.30 bits per heavy atom. The van der Waals surface area contributed by atoms with E-state index < -0.39 is 0 Å². The molecule has 5 nitrogen and oxygen atoms in total. The molecule has 0 aromatic carbocycles. The lowest BCUT2D eigenvalue weighted by atomic mass is 10.2. The third-order valence-corrected chi connectivity index (χ3v) is 3.93. The van der Waals surface area contributed by atoms with Gasteiger partial charge in [-0.25, -0.2) is 4.79 Å². The molecule has 1 heterocycles. The van der Waals surface area contributed by atoms with E-state index in [1.807, 2.05) is 0 Å². The lowest BCUT2D eigenvalue weighted by Gasteiger charge is -2.24. The summed E-state index contributed by atoms with van der Waals surface area (Å²) in [5, 5.41) is 3.37. The number of rotatable bonds is 7. The zero-order valence-corrected chi connectivity index (χ0v) is 12.7. The summed E-state index contributed by atoms with van der Waals surface area (Å²) in [4.78, 5) is 13.9. The van der Waals surface area contributed by atoms with Gasteiger partial charge in [-0.05, 0) is 39.8 Å². The minimum absolute atomic E-state index is 0.348. The van der Waals surface area contributed by atoms with E-state index in [2.05, 4.69) is 24.2 Å². The van der Waals surface area contributed by atoms with Gasteiger partial charge in [-0.15, -0.1) is 0 Å². The highest BCUT2D eigenvalue weighted by molar-refractivity contribution is 5.90. The first kappa shape index (κ1) is 15.1. The maximum atomic E-state index is 11.5. The lowest BCUT2D eigenvalue weighted by Crippen LogP contribution is -2.38. The predicted molar refractivity (Wildman–Crippen MR) is 76.7 cm³/mol. The number of esters is 1. The van der Waals surface area contributed by atoms with Crippen molar-refractivity contribution in [3.63, 3.8) is 0 Å². The van der Waals surface area contributed by atoms with Gasteiger partial charge in [0.2, 0.25) is 0 Å². The first-order valence-corrected chi connectivity index (χ1v) is 7.13. The molecule has 0 radical (unpaired) electrons. The second-order valence-electron chi connectivity index (χ2n) is 5.55. The van der Waals surface area contributed by atoms with Crippen molar-refractivity contribution in [3.05, 3.63) is 23.2 Å². The highest BCUT2D eigenvalue weighted by Crippen LogP contribution is 2.26. The smallest absolute Gasteiger partial charge is 0.341 e. The molecule has 0 aliphatic heterocycles. The normalized spacial score (nSPS) is 16.4. The van der Waals surface area contributed by atoms with Gasteiger partial charge in [0, 0.05) is 18.6 Å². The van der Waals surface area contributed by atoms with Gasteiger partial charge in [0.1, 0.15) is 17.1 Å². The van der Waals surface area contributed by atoms with Crippen molar-refractivity contribution in [2.75, 3.05) is 20.7 Å². The molecule has 0 spiro atoms. The van der Waals surface area contributed by atoms with Crippen LogP contribution >= 0.6 is 0 Å². The minimum Gasteiger partial charge on any atom is -0.465 e. The van der Waals surface area contributed by atoms with E-state index in [0.717, 1.165) is 18.3 Å². The molecule has 0 saturated heterocycles. The van der Waals surface area contributed by atoms with Crippen LogP contribution < -0.4 is 5.32 Å². The third-order valence-electron chi connectivity index (χ3n) is 3.93. The molecular formula is C15H24N2O3. The number of likely N-dealkylation sites (N-methyl/N-ethyl adjacent to an activating group) is 1. The first-order valence-electron chi connectivity index (χ1n) is 7.13. The number of hydrogen-bond acceptors (Lipinski definition) is 5. The summed E-state index contributed by atoms with van der Waals surface area (Å²) in [5.41, 5.74) is 0.507. The second-order valence-corrected chi connectivity index (χ2v) is 5.55. The second kappa shape index (κ2) is 6.41. The predicted octanol–water partition coefficient (Wildman–Crippen LogP) is 1.95. The van der Waals surface area contributed by atoms with E-state index in [1.54, 1.807) is 13.0 Å². The number of nitrogens with one attached hydrogen (secondary N) is 1. The third kappa shape index (κ3) is 3.61. The van der Waals surface area contributed by atoms with Gasteiger partial charge in [-0.2, -0.15) is 0 Å². The largest absolute Gasteiger partial charge is 0.465 e. The number of hydrogen-bond donors (Lipinski definition) is 1. The van der Waals surface area contributed by atoms with Gasteiger partial charge in [0.25, 0.3) is 0 Å². The SMILES string of the molecule is COC(=O)c1cc(CNCC(C)N(C)C2CC2)oc1C. The van der Waals surface area contributed by atoms with E-state index in [9.17, 15) is 4.79 Å².